The summed E-state index contributed by atoms with van der Waals surface area (Å²) in [5.74, 6) is 2.50. The molecule has 7 heteroatoms. The minimum atomic E-state index is 0.0465. The van der Waals surface area contributed by atoms with Crippen LogP contribution in [0.5, 0.6) is 5.75 Å². The van der Waals surface area contributed by atoms with Gasteiger partial charge in [0, 0.05) is 7.11 Å². The predicted octanol–water partition coefficient (Wildman–Crippen LogP) is 2.15. The summed E-state index contributed by atoms with van der Waals surface area (Å²) < 4.78 is 12.4. The van der Waals surface area contributed by atoms with E-state index < -0.39 is 0 Å². The third-order valence-electron chi connectivity index (χ3n) is 4.93. The van der Waals surface area contributed by atoms with Gasteiger partial charge in [-0.15, -0.1) is 5.10 Å². The third kappa shape index (κ3) is 4.16. The minimum Gasteiger partial charge on any atom is -0.497 e. The lowest BCUT2D eigenvalue weighted by atomic mass is 9.95. The molecule has 1 aromatic heterocycles. The van der Waals surface area contributed by atoms with Gasteiger partial charge >= 0.3 is 0 Å². The molecule has 1 atom stereocenters. The summed E-state index contributed by atoms with van der Waals surface area (Å²) >= 11 is 0. The first kappa shape index (κ1) is 17.8. The first-order valence-corrected chi connectivity index (χ1v) is 8.86. The van der Waals surface area contributed by atoms with Crippen LogP contribution < -0.4 is 4.74 Å². The second kappa shape index (κ2) is 8.40. The van der Waals surface area contributed by atoms with Crippen LogP contribution in [0.4, 0.5) is 0 Å². The molecule has 0 aliphatic carbocycles. The van der Waals surface area contributed by atoms with Crippen molar-refractivity contribution in [3.63, 3.8) is 0 Å². The summed E-state index contributed by atoms with van der Waals surface area (Å²) in [7, 11) is 3.38. The molecule has 1 aliphatic rings. The fourth-order valence-electron chi connectivity index (χ4n) is 3.34. The Morgan fingerprint density at radius 3 is 2.52 bits per heavy atom. The minimum absolute atomic E-state index is 0.0465. The van der Waals surface area contributed by atoms with E-state index in [0.717, 1.165) is 30.6 Å². The van der Waals surface area contributed by atoms with Crippen LogP contribution in [0.25, 0.3) is 0 Å². The summed E-state index contributed by atoms with van der Waals surface area (Å²) in [6.07, 6.45) is 2.40. The Morgan fingerprint density at radius 1 is 1.16 bits per heavy atom. The zero-order valence-electron chi connectivity index (χ0n) is 15.3. The number of nitrogens with zero attached hydrogens (tertiary/aromatic N) is 5. The van der Waals surface area contributed by atoms with E-state index in [2.05, 4.69) is 39.5 Å². The van der Waals surface area contributed by atoms with E-state index in [9.17, 15) is 0 Å². The monoisotopic (exact) mass is 345 g/mol. The molecule has 1 aliphatic heterocycles. The summed E-state index contributed by atoms with van der Waals surface area (Å²) in [5.41, 5.74) is 1.18. The molecule has 25 heavy (non-hydrogen) atoms. The van der Waals surface area contributed by atoms with Crippen LogP contribution in [0.3, 0.4) is 0 Å². The Balaban J connectivity index is 1.92. The van der Waals surface area contributed by atoms with Crippen molar-refractivity contribution in [2.75, 3.05) is 33.9 Å². The number of aromatic nitrogens is 4. The number of methoxy groups -OCH3 is 2. The lowest BCUT2D eigenvalue weighted by Gasteiger charge is -2.36. The van der Waals surface area contributed by atoms with Crippen LogP contribution in [-0.2, 0) is 11.3 Å². The highest BCUT2D eigenvalue weighted by Crippen LogP contribution is 2.31. The van der Waals surface area contributed by atoms with Crippen molar-refractivity contribution in [2.24, 2.45) is 5.92 Å². The van der Waals surface area contributed by atoms with Gasteiger partial charge in [0.1, 0.15) is 5.75 Å². The molecule has 0 saturated carbocycles. The highest BCUT2D eigenvalue weighted by atomic mass is 16.5. The zero-order valence-corrected chi connectivity index (χ0v) is 15.3. The van der Waals surface area contributed by atoms with Gasteiger partial charge in [0.2, 0.25) is 0 Å². The number of tetrazole rings is 1. The molecule has 0 bridgehead atoms. The molecule has 2 heterocycles. The fraction of sp³-hybridized carbons (Fsp3) is 0.611. The Morgan fingerprint density at radius 2 is 1.88 bits per heavy atom. The molecule has 1 fully saturated rings. The highest BCUT2D eigenvalue weighted by molar-refractivity contribution is 5.32. The van der Waals surface area contributed by atoms with E-state index in [4.69, 9.17) is 9.47 Å². The smallest absolute Gasteiger partial charge is 0.173 e. The van der Waals surface area contributed by atoms with Crippen LogP contribution in [-0.4, -0.2) is 59.0 Å². The van der Waals surface area contributed by atoms with Gasteiger partial charge in [-0.3, -0.25) is 4.90 Å². The molecule has 0 N–H and O–H groups in total. The van der Waals surface area contributed by atoms with Crippen LogP contribution in [0, 0.1) is 5.92 Å². The van der Waals surface area contributed by atoms with Crippen LogP contribution in [0.2, 0.25) is 0 Å². The topological polar surface area (TPSA) is 65.3 Å². The van der Waals surface area contributed by atoms with Crippen molar-refractivity contribution in [1.29, 1.82) is 0 Å². The average molecular weight is 345 g/mol. The predicted molar refractivity (Wildman–Crippen MR) is 94.5 cm³/mol. The first-order valence-electron chi connectivity index (χ1n) is 8.86. The maximum absolute atomic E-state index is 5.30. The Bertz CT molecular complexity index is 650. The zero-order chi connectivity index (χ0) is 17.6. The van der Waals surface area contributed by atoms with Crippen molar-refractivity contribution in [2.45, 2.75) is 32.4 Å². The van der Waals surface area contributed by atoms with Crippen LogP contribution >= 0.6 is 0 Å². The molecule has 1 saturated heterocycles. The van der Waals surface area contributed by atoms with E-state index in [1.54, 1.807) is 14.2 Å². The molecule has 0 unspecified atom stereocenters. The van der Waals surface area contributed by atoms with Gasteiger partial charge in [-0.05, 0) is 60.0 Å². The quantitative estimate of drug-likeness (QED) is 0.766. The van der Waals surface area contributed by atoms with Gasteiger partial charge in [0.05, 0.1) is 26.3 Å². The molecule has 2 aromatic rings. The molecule has 7 nitrogen and oxygen atoms in total. The van der Waals surface area contributed by atoms with Crippen LogP contribution in [0.1, 0.15) is 37.2 Å². The SMILES string of the molecule is COCCn1nnnc1[C@@H](c1ccc(OC)cc1)N1CCC(C)CC1. The van der Waals surface area contributed by atoms with Crippen LogP contribution in [0.15, 0.2) is 24.3 Å². The summed E-state index contributed by atoms with van der Waals surface area (Å²) in [6.45, 7) is 5.66. The summed E-state index contributed by atoms with van der Waals surface area (Å²) in [4.78, 5) is 2.48. The molecule has 0 radical (unpaired) electrons. The Kier molecular flexibility index (Phi) is 5.99. The maximum atomic E-state index is 5.30. The van der Waals surface area contributed by atoms with Gasteiger partial charge in [-0.2, -0.15) is 0 Å². The number of piperidine rings is 1. The standard InChI is InChI=1S/C18H27N5O2/c1-14-8-10-22(11-9-14)17(15-4-6-16(25-3)7-5-15)18-19-20-21-23(18)12-13-24-2/h4-7,14,17H,8-13H2,1-3H3/t17-/m1/s1. The number of ether oxygens (including phenoxy) is 2. The van der Waals surface area contributed by atoms with E-state index in [1.807, 2.05) is 16.8 Å². The van der Waals surface area contributed by atoms with Gasteiger partial charge in [0.25, 0.3) is 0 Å². The molecule has 1 aromatic carbocycles. The lowest BCUT2D eigenvalue weighted by molar-refractivity contribution is 0.144. The molecule has 136 valence electrons. The van der Waals surface area contributed by atoms with E-state index >= 15 is 0 Å². The molecule has 3 rings (SSSR count). The molecular formula is C18H27N5O2. The first-order chi connectivity index (χ1) is 12.2. The van der Waals surface area contributed by atoms with E-state index in [1.165, 1.54) is 18.4 Å². The van der Waals surface area contributed by atoms with E-state index in [0.29, 0.717) is 13.2 Å². The average Bonchev–Trinajstić information content (AvgIpc) is 3.10. The lowest BCUT2D eigenvalue weighted by Crippen LogP contribution is -2.38. The summed E-state index contributed by atoms with van der Waals surface area (Å²) in [6, 6.07) is 8.26. The third-order valence-corrected chi connectivity index (χ3v) is 4.93. The van der Waals surface area contributed by atoms with Gasteiger partial charge < -0.3 is 9.47 Å². The molecule has 0 spiro atoms. The largest absolute Gasteiger partial charge is 0.497 e. The second-order valence-corrected chi connectivity index (χ2v) is 6.65. The van der Waals surface area contributed by atoms with Gasteiger partial charge in [-0.25, -0.2) is 4.68 Å². The second-order valence-electron chi connectivity index (χ2n) is 6.65. The number of hydrogen-bond donors (Lipinski definition) is 0. The Labute approximate surface area is 148 Å². The van der Waals surface area contributed by atoms with Crippen molar-refractivity contribution in [3.8, 4) is 5.75 Å². The molecule has 0 amide bonds. The number of rotatable bonds is 7. The van der Waals surface area contributed by atoms with Gasteiger partial charge in [-0.1, -0.05) is 19.1 Å². The fourth-order valence-corrected chi connectivity index (χ4v) is 3.34. The maximum Gasteiger partial charge on any atom is 0.173 e. The van der Waals surface area contributed by atoms with Gasteiger partial charge in [0.15, 0.2) is 5.82 Å². The van der Waals surface area contributed by atoms with Crippen molar-refractivity contribution in [3.05, 3.63) is 35.7 Å². The normalized spacial score (nSPS) is 17.6. The van der Waals surface area contributed by atoms with Crippen molar-refractivity contribution in [1.82, 2.24) is 25.1 Å². The molecular weight excluding hydrogens is 318 g/mol. The Hall–Kier alpha value is -1.99. The number of likely N-dealkylation sites (tertiary alicyclic amines) is 1. The van der Waals surface area contributed by atoms with Crippen molar-refractivity contribution < 1.29 is 9.47 Å². The van der Waals surface area contributed by atoms with E-state index in [-0.39, 0.29) is 6.04 Å². The highest BCUT2D eigenvalue weighted by Gasteiger charge is 2.30. The number of benzene rings is 1. The number of hydrogen-bond acceptors (Lipinski definition) is 6. The van der Waals surface area contributed by atoms with Crippen molar-refractivity contribution >= 4 is 0 Å². The summed E-state index contributed by atoms with van der Waals surface area (Å²) in [5, 5.41) is 12.4.